The van der Waals surface area contributed by atoms with Gasteiger partial charge in [0.1, 0.15) is 13.2 Å². The van der Waals surface area contributed by atoms with Crippen LogP contribution in [0, 0.1) is 0 Å². The van der Waals surface area contributed by atoms with Crippen molar-refractivity contribution in [1.82, 2.24) is 0 Å². The molecule has 0 aromatic rings. The van der Waals surface area contributed by atoms with E-state index in [-0.39, 0.29) is 38.0 Å². The molecular formula is C50H74O6. The number of ether oxygens (including phenoxy) is 3. The van der Waals surface area contributed by atoms with Gasteiger partial charge in [0.05, 0.1) is 0 Å². The molecule has 56 heavy (non-hydrogen) atoms. The highest BCUT2D eigenvalue weighted by atomic mass is 16.6. The molecule has 0 fully saturated rings. The van der Waals surface area contributed by atoms with E-state index in [1.54, 1.807) is 0 Å². The van der Waals surface area contributed by atoms with Crippen LogP contribution < -0.4 is 0 Å². The van der Waals surface area contributed by atoms with Crippen molar-refractivity contribution in [3.8, 4) is 0 Å². The van der Waals surface area contributed by atoms with Crippen LogP contribution in [0.5, 0.6) is 0 Å². The van der Waals surface area contributed by atoms with Crippen LogP contribution in [0.15, 0.2) is 134 Å². The van der Waals surface area contributed by atoms with E-state index in [1.807, 2.05) is 109 Å². The highest BCUT2D eigenvalue weighted by Crippen LogP contribution is 2.11. The topological polar surface area (TPSA) is 78.9 Å². The van der Waals surface area contributed by atoms with Gasteiger partial charge < -0.3 is 14.2 Å². The minimum absolute atomic E-state index is 0.139. The monoisotopic (exact) mass is 771 g/mol. The van der Waals surface area contributed by atoms with Gasteiger partial charge in [-0.3, -0.25) is 14.4 Å². The Bertz CT molecular complexity index is 1300. The van der Waals surface area contributed by atoms with Gasteiger partial charge in [0, 0.05) is 19.3 Å². The molecule has 0 heterocycles. The molecule has 0 aromatic heterocycles. The zero-order valence-electron chi connectivity index (χ0n) is 35.1. The lowest BCUT2D eigenvalue weighted by Crippen LogP contribution is -2.30. The Kier molecular flexibility index (Phi) is 39.8. The van der Waals surface area contributed by atoms with E-state index in [0.717, 1.165) is 51.4 Å². The third-order valence-electron chi connectivity index (χ3n) is 8.13. The Morgan fingerprint density at radius 1 is 0.375 bits per heavy atom. The van der Waals surface area contributed by atoms with Crippen LogP contribution in [0.2, 0.25) is 0 Å². The van der Waals surface area contributed by atoms with Crippen LogP contribution in [0.4, 0.5) is 0 Å². The average molecular weight is 771 g/mol. The maximum Gasteiger partial charge on any atom is 0.306 e. The van der Waals surface area contributed by atoms with E-state index in [9.17, 15) is 14.4 Å². The van der Waals surface area contributed by atoms with Crippen molar-refractivity contribution in [2.45, 2.75) is 149 Å². The van der Waals surface area contributed by atoms with E-state index in [0.29, 0.717) is 25.7 Å². The lowest BCUT2D eigenvalue weighted by atomic mass is 10.1. The van der Waals surface area contributed by atoms with Crippen molar-refractivity contribution in [2.24, 2.45) is 0 Å². The summed E-state index contributed by atoms with van der Waals surface area (Å²) in [6.45, 7) is 6.13. The molecule has 0 bridgehead atoms. The van der Waals surface area contributed by atoms with E-state index in [4.69, 9.17) is 14.2 Å². The molecule has 6 nitrogen and oxygen atoms in total. The smallest absolute Gasteiger partial charge is 0.306 e. The summed E-state index contributed by atoms with van der Waals surface area (Å²) in [5.74, 6) is -1.12. The molecule has 0 rings (SSSR count). The highest BCUT2D eigenvalue weighted by Gasteiger charge is 2.19. The molecule has 0 amide bonds. The quantitative estimate of drug-likeness (QED) is 0.0210. The summed E-state index contributed by atoms with van der Waals surface area (Å²) in [6, 6.07) is 0. The first-order valence-corrected chi connectivity index (χ1v) is 21.3. The number of allylic oxidation sites excluding steroid dienone is 22. The lowest BCUT2D eigenvalue weighted by molar-refractivity contribution is -0.167. The van der Waals surface area contributed by atoms with E-state index >= 15 is 0 Å². The second-order valence-electron chi connectivity index (χ2n) is 13.4. The normalized spacial score (nSPS) is 13.4. The Hall–Kier alpha value is -4.45. The Morgan fingerprint density at radius 2 is 0.732 bits per heavy atom. The molecule has 0 aliphatic heterocycles. The summed E-state index contributed by atoms with van der Waals surface area (Å²) in [4.78, 5) is 37.6. The molecule has 0 saturated heterocycles. The number of carbonyl (C=O) groups is 3. The molecule has 0 spiro atoms. The zero-order chi connectivity index (χ0) is 40.8. The van der Waals surface area contributed by atoms with Crippen molar-refractivity contribution in [3.05, 3.63) is 134 Å². The molecule has 0 aromatic carbocycles. The van der Waals surface area contributed by atoms with Gasteiger partial charge in [-0.15, -0.1) is 0 Å². The lowest BCUT2D eigenvalue weighted by Gasteiger charge is -2.18. The Morgan fingerprint density at radius 3 is 1.20 bits per heavy atom. The fourth-order valence-electron chi connectivity index (χ4n) is 4.96. The van der Waals surface area contributed by atoms with Crippen molar-refractivity contribution < 1.29 is 28.6 Å². The molecule has 0 N–H and O–H groups in total. The van der Waals surface area contributed by atoms with Crippen molar-refractivity contribution >= 4 is 17.9 Å². The Labute approximate surface area is 341 Å². The number of hydrogen-bond donors (Lipinski definition) is 0. The number of carbonyl (C=O) groups excluding carboxylic acids is 3. The van der Waals surface area contributed by atoms with E-state index < -0.39 is 12.1 Å². The minimum Gasteiger partial charge on any atom is -0.462 e. The van der Waals surface area contributed by atoms with Gasteiger partial charge >= 0.3 is 17.9 Å². The van der Waals surface area contributed by atoms with Crippen LogP contribution in [-0.2, 0) is 28.6 Å². The molecule has 1 atom stereocenters. The maximum absolute atomic E-state index is 12.7. The molecule has 0 saturated carbocycles. The van der Waals surface area contributed by atoms with Gasteiger partial charge in [-0.2, -0.15) is 0 Å². The summed E-state index contributed by atoms with van der Waals surface area (Å²) in [5, 5.41) is 0. The van der Waals surface area contributed by atoms with Gasteiger partial charge in [0.2, 0.25) is 0 Å². The van der Waals surface area contributed by atoms with Gasteiger partial charge in [0.25, 0.3) is 0 Å². The first-order chi connectivity index (χ1) is 27.5. The Balaban J connectivity index is 4.68. The largest absolute Gasteiger partial charge is 0.462 e. The summed E-state index contributed by atoms with van der Waals surface area (Å²) < 4.78 is 16.5. The minimum atomic E-state index is -0.849. The SMILES string of the molecule is CC\C=C/C=C\C=C/C=C\C=C/CCCC(=O)OCC(COC(=O)CCCCCCC/C=C\CCCCC)OC(=O)CCC\C=C/C=C\C=C/C=C\C=C/CC. The van der Waals surface area contributed by atoms with Crippen molar-refractivity contribution in [3.63, 3.8) is 0 Å². The number of hydrogen-bond acceptors (Lipinski definition) is 6. The second kappa shape index (κ2) is 43.3. The van der Waals surface area contributed by atoms with Gasteiger partial charge in [-0.1, -0.05) is 187 Å². The molecule has 1 unspecified atom stereocenters. The first-order valence-electron chi connectivity index (χ1n) is 21.3. The van der Waals surface area contributed by atoms with Crippen LogP contribution >= 0.6 is 0 Å². The maximum atomic E-state index is 12.7. The predicted molar refractivity (Wildman–Crippen MR) is 237 cm³/mol. The number of esters is 3. The number of unbranched alkanes of at least 4 members (excludes halogenated alkanes) is 10. The van der Waals surface area contributed by atoms with Crippen LogP contribution in [0.1, 0.15) is 143 Å². The van der Waals surface area contributed by atoms with Gasteiger partial charge in [0.15, 0.2) is 6.10 Å². The third-order valence-corrected chi connectivity index (χ3v) is 8.13. The molecular weight excluding hydrogens is 697 g/mol. The van der Waals surface area contributed by atoms with E-state index in [1.165, 1.54) is 32.1 Å². The fraction of sp³-hybridized carbons (Fsp3) is 0.500. The highest BCUT2D eigenvalue weighted by molar-refractivity contribution is 5.71. The fourth-order valence-corrected chi connectivity index (χ4v) is 4.96. The molecule has 0 radical (unpaired) electrons. The standard InChI is InChI=1S/C50H74O6/c1-4-7-10-13-16-19-22-25-28-31-34-37-40-43-49(52)55-46-47(45-54-48(51)42-39-36-33-30-27-24-21-18-15-12-9-6-3)56-50(53)44-41-38-35-32-29-26-23-20-17-14-11-8-5-2/h7-8,10-11,13-14,16-23,25-26,28-29,31-32,34-35,47H,4-6,9,12,15,24,27,30,33,36-46H2,1-3H3/b10-7-,11-8-,16-13-,17-14-,21-18-,22-19-,23-20-,28-25-,29-26-,34-31-,35-32-. The molecule has 6 heteroatoms. The first kappa shape index (κ1) is 51.5. The van der Waals surface area contributed by atoms with Crippen molar-refractivity contribution in [1.29, 1.82) is 0 Å². The molecule has 0 aliphatic carbocycles. The summed E-state index contributed by atoms with van der Waals surface area (Å²) >= 11 is 0. The summed E-state index contributed by atoms with van der Waals surface area (Å²) in [5.41, 5.74) is 0. The number of rotatable bonds is 35. The van der Waals surface area contributed by atoms with Gasteiger partial charge in [-0.05, 0) is 70.6 Å². The predicted octanol–water partition coefficient (Wildman–Crippen LogP) is 13.6. The van der Waals surface area contributed by atoms with E-state index in [2.05, 4.69) is 45.1 Å². The van der Waals surface area contributed by atoms with Crippen LogP contribution in [0.25, 0.3) is 0 Å². The van der Waals surface area contributed by atoms with Crippen molar-refractivity contribution in [2.75, 3.05) is 13.2 Å². The molecule has 0 aliphatic rings. The van der Waals surface area contributed by atoms with Crippen LogP contribution in [0.3, 0.4) is 0 Å². The summed E-state index contributed by atoms with van der Waals surface area (Å²) in [6.07, 6.45) is 60.2. The third kappa shape index (κ3) is 40.7. The van der Waals surface area contributed by atoms with Crippen LogP contribution in [-0.4, -0.2) is 37.2 Å². The van der Waals surface area contributed by atoms with Gasteiger partial charge in [-0.25, -0.2) is 0 Å². The second-order valence-corrected chi connectivity index (χ2v) is 13.4. The summed E-state index contributed by atoms with van der Waals surface area (Å²) in [7, 11) is 0. The zero-order valence-corrected chi connectivity index (χ0v) is 35.1. The molecule has 310 valence electrons. The average Bonchev–Trinajstić information content (AvgIpc) is 3.19.